The molecule has 0 amide bonds. The maximum atomic E-state index is 5.36. The zero-order valence-electron chi connectivity index (χ0n) is 16.9. The predicted molar refractivity (Wildman–Crippen MR) is 107 cm³/mol. The fraction of sp³-hybridized carbons (Fsp3) is 0.450. The van der Waals surface area contributed by atoms with Crippen molar-refractivity contribution in [3.05, 3.63) is 47.8 Å². The number of likely N-dealkylation sites (N-methyl/N-ethyl adjacent to an activating group) is 1. The van der Waals surface area contributed by atoms with Crippen molar-refractivity contribution in [2.75, 3.05) is 33.1 Å². The Kier molecular flexibility index (Phi) is 5.32. The maximum absolute atomic E-state index is 5.36. The summed E-state index contributed by atoms with van der Waals surface area (Å²) in [6.07, 6.45) is 0. The Morgan fingerprint density at radius 3 is 2.59 bits per heavy atom. The third-order valence-electron chi connectivity index (χ3n) is 4.51. The third kappa shape index (κ3) is 4.19. The second-order valence-corrected chi connectivity index (χ2v) is 7.90. The number of aromatic nitrogens is 4. The average molecular weight is 368 g/mol. The quantitative estimate of drug-likeness (QED) is 0.721. The van der Waals surface area contributed by atoms with E-state index in [4.69, 9.17) is 9.84 Å². The molecule has 3 aromatic rings. The molecule has 0 aliphatic heterocycles. The SMILES string of the molecule is COc1cccc(C(CNc2ccc3nnc(C(C)(C)C)n3n2)N(C)C)c1. The van der Waals surface area contributed by atoms with Crippen LogP contribution in [0.25, 0.3) is 5.65 Å². The Bertz CT molecular complexity index is 912. The molecule has 1 aromatic carbocycles. The van der Waals surface area contributed by atoms with Crippen molar-refractivity contribution in [2.45, 2.75) is 32.2 Å². The zero-order valence-corrected chi connectivity index (χ0v) is 16.9. The summed E-state index contributed by atoms with van der Waals surface area (Å²) in [5.41, 5.74) is 1.81. The van der Waals surface area contributed by atoms with Gasteiger partial charge in [-0.1, -0.05) is 32.9 Å². The van der Waals surface area contributed by atoms with Crippen LogP contribution < -0.4 is 10.1 Å². The molecule has 0 radical (unpaired) electrons. The van der Waals surface area contributed by atoms with Crippen LogP contribution in [0.5, 0.6) is 5.75 Å². The number of benzene rings is 1. The highest BCUT2D eigenvalue weighted by molar-refractivity contribution is 5.45. The molecule has 7 heteroatoms. The van der Waals surface area contributed by atoms with Crippen LogP contribution >= 0.6 is 0 Å². The number of rotatable bonds is 6. The van der Waals surface area contributed by atoms with Gasteiger partial charge in [-0.2, -0.15) is 4.52 Å². The predicted octanol–water partition coefficient (Wildman–Crippen LogP) is 3.15. The molecule has 0 aliphatic rings. The van der Waals surface area contributed by atoms with E-state index in [-0.39, 0.29) is 11.5 Å². The smallest absolute Gasteiger partial charge is 0.178 e. The lowest BCUT2D eigenvalue weighted by atomic mass is 9.96. The first-order valence-corrected chi connectivity index (χ1v) is 9.07. The normalized spacial score (nSPS) is 13.1. The van der Waals surface area contributed by atoms with Crippen molar-refractivity contribution in [3.8, 4) is 5.75 Å². The van der Waals surface area contributed by atoms with E-state index in [0.717, 1.165) is 23.0 Å². The van der Waals surface area contributed by atoms with Gasteiger partial charge in [0.2, 0.25) is 0 Å². The van der Waals surface area contributed by atoms with Gasteiger partial charge < -0.3 is 15.0 Å². The molecule has 2 aromatic heterocycles. The number of nitrogens with zero attached hydrogens (tertiary/aromatic N) is 5. The summed E-state index contributed by atoms with van der Waals surface area (Å²) in [5.74, 6) is 2.50. The Hall–Kier alpha value is -2.67. The van der Waals surface area contributed by atoms with Gasteiger partial charge in [0.15, 0.2) is 11.5 Å². The molecule has 0 saturated heterocycles. The van der Waals surface area contributed by atoms with Crippen molar-refractivity contribution in [3.63, 3.8) is 0 Å². The number of ether oxygens (including phenoxy) is 1. The molecule has 0 fully saturated rings. The first kappa shape index (κ1) is 19.1. The lowest BCUT2D eigenvalue weighted by Gasteiger charge is -2.25. The van der Waals surface area contributed by atoms with E-state index in [1.165, 1.54) is 5.56 Å². The fourth-order valence-electron chi connectivity index (χ4n) is 3.00. The third-order valence-corrected chi connectivity index (χ3v) is 4.51. The van der Waals surface area contributed by atoms with Crippen LogP contribution in [0.3, 0.4) is 0 Å². The Morgan fingerprint density at radius 1 is 1.15 bits per heavy atom. The molecular weight excluding hydrogens is 340 g/mol. The highest BCUT2D eigenvalue weighted by Crippen LogP contribution is 2.24. The summed E-state index contributed by atoms with van der Waals surface area (Å²) in [4.78, 5) is 2.18. The van der Waals surface area contributed by atoms with E-state index in [9.17, 15) is 0 Å². The van der Waals surface area contributed by atoms with Crippen LogP contribution in [-0.4, -0.2) is 52.5 Å². The van der Waals surface area contributed by atoms with Crippen LogP contribution in [0.15, 0.2) is 36.4 Å². The number of methoxy groups -OCH3 is 1. The molecule has 0 bridgehead atoms. The van der Waals surface area contributed by atoms with Crippen LogP contribution in [0.2, 0.25) is 0 Å². The van der Waals surface area contributed by atoms with E-state index in [2.05, 4.69) is 67.4 Å². The number of anilines is 1. The number of fused-ring (bicyclic) bond motifs is 1. The first-order valence-electron chi connectivity index (χ1n) is 9.07. The molecule has 0 spiro atoms. The lowest BCUT2D eigenvalue weighted by molar-refractivity contribution is 0.310. The molecule has 1 atom stereocenters. The minimum Gasteiger partial charge on any atom is -0.497 e. The molecular formula is C20H28N6O. The van der Waals surface area contributed by atoms with Gasteiger partial charge in [0.1, 0.15) is 11.6 Å². The Labute approximate surface area is 160 Å². The second kappa shape index (κ2) is 7.52. The van der Waals surface area contributed by atoms with Gasteiger partial charge in [0.25, 0.3) is 0 Å². The van der Waals surface area contributed by atoms with E-state index in [1.54, 1.807) is 7.11 Å². The van der Waals surface area contributed by atoms with Crippen molar-refractivity contribution < 1.29 is 4.74 Å². The number of hydrogen-bond donors (Lipinski definition) is 1. The topological polar surface area (TPSA) is 67.6 Å². The summed E-state index contributed by atoms with van der Waals surface area (Å²) < 4.78 is 7.18. The van der Waals surface area contributed by atoms with Gasteiger partial charge in [-0.3, -0.25) is 0 Å². The van der Waals surface area contributed by atoms with Gasteiger partial charge >= 0.3 is 0 Å². The van der Waals surface area contributed by atoms with Crippen LogP contribution in [0.4, 0.5) is 5.82 Å². The summed E-state index contributed by atoms with van der Waals surface area (Å²) in [6, 6.07) is 12.2. The van der Waals surface area contributed by atoms with Crippen molar-refractivity contribution in [1.82, 2.24) is 24.7 Å². The van der Waals surface area contributed by atoms with Crippen LogP contribution in [-0.2, 0) is 5.41 Å². The number of hydrogen-bond acceptors (Lipinski definition) is 6. The van der Waals surface area contributed by atoms with E-state index in [0.29, 0.717) is 6.54 Å². The van der Waals surface area contributed by atoms with E-state index in [1.807, 2.05) is 28.8 Å². The zero-order chi connectivity index (χ0) is 19.6. The summed E-state index contributed by atoms with van der Waals surface area (Å²) in [6.45, 7) is 7.04. The van der Waals surface area contributed by atoms with Gasteiger partial charge in [0, 0.05) is 12.0 Å². The minimum absolute atomic E-state index is 0.127. The fourth-order valence-corrected chi connectivity index (χ4v) is 3.00. The van der Waals surface area contributed by atoms with Crippen molar-refractivity contribution >= 4 is 11.5 Å². The highest BCUT2D eigenvalue weighted by Gasteiger charge is 2.22. The molecule has 1 unspecified atom stereocenters. The molecule has 3 rings (SSSR count). The highest BCUT2D eigenvalue weighted by atomic mass is 16.5. The Morgan fingerprint density at radius 2 is 1.93 bits per heavy atom. The van der Waals surface area contributed by atoms with Crippen molar-refractivity contribution in [2.24, 2.45) is 0 Å². The Balaban J connectivity index is 1.83. The molecule has 2 heterocycles. The van der Waals surface area contributed by atoms with Crippen LogP contribution in [0, 0.1) is 0 Å². The summed E-state index contributed by atoms with van der Waals surface area (Å²) in [5, 5.41) is 16.7. The van der Waals surface area contributed by atoms with Gasteiger partial charge in [-0.05, 0) is 43.9 Å². The molecule has 0 aliphatic carbocycles. The lowest BCUT2D eigenvalue weighted by Crippen LogP contribution is -2.27. The van der Waals surface area contributed by atoms with Gasteiger partial charge in [-0.15, -0.1) is 15.3 Å². The standard InChI is InChI=1S/C20H28N6O/c1-20(2,3)19-23-22-18-11-10-17(24-26(18)19)21-13-16(25(4)5)14-8-7-9-15(12-14)27-6/h7-12,16H,13H2,1-6H3,(H,21,24). The first-order chi connectivity index (χ1) is 12.8. The van der Waals surface area contributed by atoms with Gasteiger partial charge in [-0.25, -0.2) is 0 Å². The largest absolute Gasteiger partial charge is 0.497 e. The van der Waals surface area contributed by atoms with E-state index >= 15 is 0 Å². The van der Waals surface area contributed by atoms with E-state index < -0.39 is 0 Å². The van der Waals surface area contributed by atoms with Crippen LogP contribution in [0.1, 0.15) is 38.2 Å². The van der Waals surface area contributed by atoms with Crippen molar-refractivity contribution in [1.29, 1.82) is 0 Å². The molecule has 0 saturated carbocycles. The van der Waals surface area contributed by atoms with Gasteiger partial charge in [0.05, 0.1) is 13.2 Å². The second-order valence-electron chi connectivity index (χ2n) is 7.90. The maximum Gasteiger partial charge on any atom is 0.178 e. The summed E-state index contributed by atoms with van der Waals surface area (Å²) >= 11 is 0. The number of nitrogens with one attached hydrogen (secondary N) is 1. The average Bonchev–Trinajstić information content (AvgIpc) is 3.05. The molecule has 1 N–H and O–H groups in total. The monoisotopic (exact) mass is 368 g/mol. The molecule has 7 nitrogen and oxygen atoms in total. The minimum atomic E-state index is -0.127. The summed E-state index contributed by atoms with van der Waals surface area (Å²) in [7, 11) is 5.83. The molecule has 27 heavy (non-hydrogen) atoms. The molecule has 144 valence electrons.